The summed E-state index contributed by atoms with van der Waals surface area (Å²) in [5.74, 6) is -0.638. The van der Waals surface area contributed by atoms with E-state index < -0.39 is 5.97 Å². The van der Waals surface area contributed by atoms with Crippen molar-refractivity contribution in [1.29, 1.82) is 0 Å². The van der Waals surface area contributed by atoms with Gasteiger partial charge < -0.3 is 15.0 Å². The third kappa shape index (κ3) is 9.39. The number of hydrogen-bond acceptors (Lipinski definition) is 3. The molecule has 0 bridgehead atoms. The summed E-state index contributed by atoms with van der Waals surface area (Å²) in [5.41, 5.74) is 0.598. The van der Waals surface area contributed by atoms with Crippen LogP contribution in [-0.2, 0) is 6.42 Å². The van der Waals surface area contributed by atoms with E-state index in [1.165, 1.54) is 44.6 Å². The average Bonchev–Trinajstić information content (AvgIpc) is 2.46. The van der Waals surface area contributed by atoms with Gasteiger partial charge in [0, 0.05) is 5.56 Å². The average molecular weight is 328 g/mol. The van der Waals surface area contributed by atoms with Crippen molar-refractivity contribution in [1.82, 2.24) is 0 Å². The molecule has 23 heavy (non-hydrogen) atoms. The van der Waals surface area contributed by atoms with Gasteiger partial charge in [0.2, 0.25) is 0 Å². The number of carbonyl (C=O) groups excluding carboxylic acids is 1. The van der Waals surface area contributed by atoms with Crippen LogP contribution < -0.4 is 34.7 Å². The van der Waals surface area contributed by atoms with Gasteiger partial charge in [0.05, 0.1) is 5.97 Å². The summed E-state index contributed by atoms with van der Waals surface area (Å²) < 4.78 is 0. The van der Waals surface area contributed by atoms with Gasteiger partial charge in [-0.25, -0.2) is 0 Å². The molecule has 0 amide bonds. The van der Waals surface area contributed by atoms with Crippen LogP contribution in [0.15, 0.2) is 18.2 Å². The van der Waals surface area contributed by atoms with E-state index in [9.17, 15) is 15.0 Å². The van der Waals surface area contributed by atoms with Crippen molar-refractivity contribution < 1.29 is 44.6 Å². The number of hydrogen-bond donors (Lipinski definition) is 1. The van der Waals surface area contributed by atoms with E-state index in [0.29, 0.717) is 5.56 Å². The monoisotopic (exact) mass is 328 g/mol. The van der Waals surface area contributed by atoms with Crippen molar-refractivity contribution in [3.05, 3.63) is 29.3 Å². The molecule has 0 heterocycles. The summed E-state index contributed by atoms with van der Waals surface area (Å²) in [6, 6.07) is 4.83. The van der Waals surface area contributed by atoms with Crippen molar-refractivity contribution in [2.45, 2.75) is 71.6 Å². The molecular formula is C19H29NaO3. The van der Waals surface area contributed by atoms with Crippen LogP contribution in [0.3, 0.4) is 0 Å². The van der Waals surface area contributed by atoms with E-state index in [1.807, 2.05) is 0 Å². The number of aromatic carboxylic acids is 1. The Morgan fingerprint density at radius 3 is 2.17 bits per heavy atom. The number of carboxylic acid groups (broad SMARTS) is 1. The number of rotatable bonds is 11. The molecule has 1 N–H and O–H groups in total. The first-order valence-electron chi connectivity index (χ1n) is 8.54. The summed E-state index contributed by atoms with van der Waals surface area (Å²) >= 11 is 0. The summed E-state index contributed by atoms with van der Waals surface area (Å²) in [6.07, 6.45) is 10.6. The fraction of sp³-hybridized carbons (Fsp3) is 0.632. The Morgan fingerprint density at radius 2 is 1.61 bits per heavy atom. The molecule has 1 rings (SSSR count). The minimum absolute atomic E-state index is 0. The second kappa shape index (κ2) is 12.9. The van der Waals surface area contributed by atoms with Crippen LogP contribution in [0.25, 0.3) is 0 Å². The van der Waals surface area contributed by atoms with E-state index in [0.717, 1.165) is 25.2 Å². The normalized spacial score (nSPS) is 10.6. The van der Waals surface area contributed by atoms with E-state index in [4.69, 9.17) is 0 Å². The molecule has 0 fully saturated rings. The topological polar surface area (TPSA) is 60.4 Å². The molecule has 0 aliphatic carbocycles. The Bertz CT molecular complexity index is 458. The molecule has 0 aromatic heterocycles. The molecule has 0 saturated heterocycles. The Morgan fingerprint density at radius 1 is 1.04 bits per heavy atom. The molecule has 0 radical (unpaired) electrons. The van der Waals surface area contributed by atoms with Gasteiger partial charge in [-0.1, -0.05) is 70.9 Å². The molecular weight excluding hydrogens is 299 g/mol. The van der Waals surface area contributed by atoms with E-state index in [-0.39, 0.29) is 40.9 Å². The number of carboxylic acids is 1. The van der Waals surface area contributed by atoms with Crippen molar-refractivity contribution in [3.63, 3.8) is 0 Å². The molecule has 0 atom stereocenters. The van der Waals surface area contributed by atoms with Gasteiger partial charge in [0.15, 0.2) is 0 Å². The van der Waals surface area contributed by atoms with Crippen LogP contribution in [0.5, 0.6) is 5.75 Å². The fourth-order valence-electron chi connectivity index (χ4n) is 2.71. The van der Waals surface area contributed by atoms with Crippen LogP contribution in [0, 0.1) is 5.92 Å². The summed E-state index contributed by atoms with van der Waals surface area (Å²) in [5, 5.41) is 20.7. The van der Waals surface area contributed by atoms with Crippen molar-refractivity contribution in [2.75, 3.05) is 0 Å². The molecule has 1 aromatic carbocycles. The molecule has 0 aliphatic rings. The molecule has 4 heteroatoms. The Balaban J connectivity index is 0.00000484. The first-order valence-corrected chi connectivity index (χ1v) is 8.54. The Labute approximate surface area is 162 Å². The zero-order valence-corrected chi connectivity index (χ0v) is 16.9. The maximum atomic E-state index is 10.8. The number of carbonyl (C=O) groups is 1. The van der Waals surface area contributed by atoms with Crippen LogP contribution >= 0.6 is 0 Å². The predicted octanol–water partition coefficient (Wildman–Crippen LogP) is 1.08. The van der Waals surface area contributed by atoms with E-state index >= 15 is 0 Å². The SMILES string of the molecule is CC(C)CCCCCCCCCc1cccc(C(=O)[O-])c1O.[Na+]. The van der Waals surface area contributed by atoms with E-state index in [2.05, 4.69) is 13.8 Å². The van der Waals surface area contributed by atoms with Gasteiger partial charge in [-0.15, -0.1) is 0 Å². The molecule has 124 valence electrons. The second-order valence-corrected chi connectivity index (χ2v) is 6.51. The Hall–Kier alpha value is -0.510. The zero-order valence-electron chi connectivity index (χ0n) is 14.9. The predicted molar refractivity (Wildman–Crippen MR) is 87.9 cm³/mol. The number of para-hydroxylation sites is 1. The smallest absolute Gasteiger partial charge is 0.545 e. The minimum atomic E-state index is -1.32. The quantitative estimate of drug-likeness (QED) is 0.488. The molecule has 1 aromatic rings. The number of phenols is 1. The zero-order chi connectivity index (χ0) is 16.4. The number of unbranched alkanes of at least 4 members (excludes halogenated alkanes) is 6. The van der Waals surface area contributed by atoms with Crippen molar-refractivity contribution >= 4 is 5.97 Å². The number of benzene rings is 1. The first kappa shape index (κ1) is 22.5. The fourth-order valence-corrected chi connectivity index (χ4v) is 2.71. The third-order valence-electron chi connectivity index (χ3n) is 4.07. The van der Waals surface area contributed by atoms with Gasteiger partial charge in [-0.3, -0.25) is 0 Å². The van der Waals surface area contributed by atoms with Crippen LogP contribution in [0.1, 0.15) is 81.1 Å². The third-order valence-corrected chi connectivity index (χ3v) is 4.07. The molecule has 0 unspecified atom stereocenters. The molecule has 3 nitrogen and oxygen atoms in total. The standard InChI is InChI=1S/C19H30O3.Na/c1-15(2)11-8-6-4-3-5-7-9-12-16-13-10-14-17(18(16)20)19(21)22;/h10,13-15,20H,3-9,11-12H2,1-2H3,(H,21,22);/q;+1/p-1. The molecule has 0 saturated carbocycles. The van der Waals surface area contributed by atoms with Crippen LogP contribution in [0.2, 0.25) is 0 Å². The summed E-state index contributed by atoms with van der Waals surface area (Å²) in [6.45, 7) is 4.54. The van der Waals surface area contributed by atoms with E-state index in [1.54, 1.807) is 12.1 Å². The van der Waals surface area contributed by atoms with Crippen LogP contribution in [-0.4, -0.2) is 11.1 Å². The van der Waals surface area contributed by atoms with Crippen molar-refractivity contribution in [3.8, 4) is 5.75 Å². The second-order valence-electron chi connectivity index (χ2n) is 6.51. The number of aromatic hydroxyl groups is 1. The van der Waals surface area contributed by atoms with Gasteiger partial charge in [-0.2, -0.15) is 0 Å². The van der Waals surface area contributed by atoms with Gasteiger partial charge in [0.25, 0.3) is 0 Å². The first-order chi connectivity index (χ1) is 10.5. The maximum Gasteiger partial charge on any atom is 1.00 e. The molecule has 0 spiro atoms. The molecule has 0 aliphatic heterocycles. The Kier molecular flexibility index (Phi) is 12.6. The maximum absolute atomic E-state index is 10.8. The van der Waals surface area contributed by atoms with Crippen LogP contribution in [0.4, 0.5) is 0 Å². The van der Waals surface area contributed by atoms with Gasteiger partial charge in [0.1, 0.15) is 5.75 Å². The largest absolute Gasteiger partial charge is 1.00 e. The van der Waals surface area contributed by atoms with Gasteiger partial charge >= 0.3 is 29.6 Å². The van der Waals surface area contributed by atoms with Gasteiger partial charge in [-0.05, 0) is 30.4 Å². The summed E-state index contributed by atoms with van der Waals surface area (Å²) in [7, 11) is 0. The summed E-state index contributed by atoms with van der Waals surface area (Å²) in [4.78, 5) is 10.8. The number of aryl methyl sites for hydroxylation is 1. The van der Waals surface area contributed by atoms with Crippen molar-refractivity contribution in [2.24, 2.45) is 5.92 Å². The minimum Gasteiger partial charge on any atom is -0.545 e.